The fourth-order valence-electron chi connectivity index (χ4n) is 8.20. The van der Waals surface area contributed by atoms with Crippen LogP contribution in [0.5, 0.6) is 0 Å². The number of pyridine rings is 1. The number of hydrogen-bond acceptors (Lipinski definition) is 6. The highest BCUT2D eigenvalue weighted by Crippen LogP contribution is 2.39. The molecule has 1 aliphatic heterocycles. The van der Waals surface area contributed by atoms with Gasteiger partial charge < -0.3 is 14.2 Å². The van der Waals surface area contributed by atoms with Crippen molar-refractivity contribution in [1.82, 2.24) is 15.6 Å². The monoisotopic (exact) mass is 696 g/mol. The highest BCUT2D eigenvalue weighted by molar-refractivity contribution is 6.15. The lowest BCUT2D eigenvalue weighted by Crippen LogP contribution is -2.45. The van der Waals surface area contributed by atoms with E-state index >= 15 is 0 Å². The molecule has 0 radical (unpaired) electrons. The number of rotatable bonds is 5. The van der Waals surface area contributed by atoms with Crippen LogP contribution in [0.2, 0.25) is 0 Å². The second-order valence-electron chi connectivity index (χ2n) is 13.8. The molecule has 3 aromatic heterocycles. The molecule has 0 aliphatic carbocycles. The summed E-state index contributed by atoms with van der Waals surface area (Å²) in [6.07, 6.45) is 3.12. The average Bonchev–Trinajstić information content (AvgIpc) is 3.82. The number of aliphatic imine (C=N–C) groups is 1. The number of nitrogens with zero attached hydrogens (tertiary/aromatic N) is 2. The van der Waals surface area contributed by atoms with Crippen molar-refractivity contribution >= 4 is 60.5 Å². The van der Waals surface area contributed by atoms with Crippen LogP contribution in [0.3, 0.4) is 0 Å². The zero-order chi connectivity index (χ0) is 35.6. The molecular weight excluding hydrogens is 665 g/mol. The molecule has 4 heterocycles. The minimum atomic E-state index is -0.276. The Morgan fingerprint density at radius 1 is 0.463 bits per heavy atom. The number of fused-ring (bicyclic) bond motifs is 7. The molecule has 54 heavy (non-hydrogen) atoms. The van der Waals surface area contributed by atoms with Crippen molar-refractivity contribution in [3.05, 3.63) is 187 Å². The van der Waals surface area contributed by atoms with Gasteiger partial charge in [-0.05, 0) is 62.9 Å². The highest BCUT2D eigenvalue weighted by atomic mass is 16.3. The summed E-state index contributed by atoms with van der Waals surface area (Å²) in [4.78, 5) is 9.75. The van der Waals surface area contributed by atoms with Gasteiger partial charge >= 0.3 is 0 Å². The Labute approximate surface area is 310 Å². The van der Waals surface area contributed by atoms with Gasteiger partial charge in [0.25, 0.3) is 0 Å². The van der Waals surface area contributed by atoms with Crippen LogP contribution in [-0.4, -0.2) is 10.8 Å². The molecule has 1 aliphatic rings. The van der Waals surface area contributed by atoms with Crippen molar-refractivity contribution in [2.45, 2.75) is 12.3 Å². The summed E-state index contributed by atoms with van der Waals surface area (Å²) in [5.41, 5.74) is 11.3. The maximum atomic E-state index is 6.25. The third-order valence-electron chi connectivity index (χ3n) is 10.7. The fourth-order valence-corrected chi connectivity index (χ4v) is 8.20. The van der Waals surface area contributed by atoms with E-state index in [1.54, 1.807) is 6.20 Å². The number of hydrogen-bond donors (Lipinski definition) is 2. The Bertz CT molecular complexity index is 3070. The molecule has 11 rings (SSSR count). The molecule has 0 saturated carbocycles. The highest BCUT2D eigenvalue weighted by Gasteiger charge is 2.28. The summed E-state index contributed by atoms with van der Waals surface area (Å²) < 4.78 is 12.4. The molecule has 2 atom stereocenters. The summed E-state index contributed by atoms with van der Waals surface area (Å²) in [7, 11) is 0. The Hall–Kier alpha value is -7.02. The standard InChI is InChI=1S/C48H32N4O2/c1-2-10-31(11-3-1)46-50-47(52-48(51-46)38-16-9-19-43-45(38)39-28-49-27-26-41(39)54-43)36-25-24-32(34-12-4-5-13-35(34)36)29-20-22-30(23-21-29)33-15-8-18-42-44(33)37-14-6-7-17-40(37)53-42/h1-28,46,48,51H,(H,50,52). The Balaban J connectivity index is 1.01. The van der Waals surface area contributed by atoms with E-state index in [0.29, 0.717) is 0 Å². The number of aromatic nitrogens is 1. The molecule has 2 unspecified atom stereocenters. The maximum Gasteiger partial charge on any atom is 0.138 e. The van der Waals surface area contributed by atoms with Crippen molar-refractivity contribution in [3.63, 3.8) is 0 Å². The second kappa shape index (κ2) is 12.3. The summed E-state index contributed by atoms with van der Waals surface area (Å²) in [5, 5.41) is 14.2. The van der Waals surface area contributed by atoms with Crippen LogP contribution in [-0.2, 0) is 0 Å². The molecule has 0 spiro atoms. The predicted molar refractivity (Wildman–Crippen MR) is 218 cm³/mol. The van der Waals surface area contributed by atoms with Crippen LogP contribution >= 0.6 is 0 Å². The minimum absolute atomic E-state index is 0.254. The normalized spacial score (nSPS) is 16.0. The quantitative estimate of drug-likeness (QED) is 0.187. The van der Waals surface area contributed by atoms with Crippen LogP contribution in [0, 0.1) is 0 Å². The molecule has 6 heteroatoms. The van der Waals surface area contributed by atoms with Crippen molar-refractivity contribution in [1.29, 1.82) is 0 Å². The first kappa shape index (κ1) is 30.6. The van der Waals surface area contributed by atoms with Crippen LogP contribution < -0.4 is 10.6 Å². The lowest BCUT2D eigenvalue weighted by Gasteiger charge is -2.33. The van der Waals surface area contributed by atoms with E-state index in [-0.39, 0.29) is 12.3 Å². The second-order valence-corrected chi connectivity index (χ2v) is 13.8. The Morgan fingerprint density at radius 3 is 1.91 bits per heavy atom. The van der Waals surface area contributed by atoms with Crippen molar-refractivity contribution in [2.24, 2.45) is 4.99 Å². The van der Waals surface area contributed by atoms with E-state index in [1.165, 1.54) is 5.56 Å². The number of nitrogens with one attached hydrogen (secondary N) is 2. The average molecular weight is 697 g/mol. The molecule has 0 amide bonds. The van der Waals surface area contributed by atoms with E-state index in [4.69, 9.17) is 13.8 Å². The predicted octanol–water partition coefficient (Wildman–Crippen LogP) is 11.7. The Kier molecular flexibility index (Phi) is 6.97. The minimum Gasteiger partial charge on any atom is -0.456 e. The first-order chi connectivity index (χ1) is 26.8. The SMILES string of the molecule is c1ccc(C2N=C(c3ccc(-c4ccc(-c5cccc6oc7ccccc7c56)cc4)c4ccccc34)NC(c3cccc4oc5ccncc5c34)N2)cc1. The summed E-state index contributed by atoms with van der Waals surface area (Å²) >= 11 is 0. The van der Waals surface area contributed by atoms with Crippen LogP contribution in [0.1, 0.15) is 29.0 Å². The van der Waals surface area contributed by atoms with Gasteiger partial charge in [0.2, 0.25) is 0 Å². The summed E-state index contributed by atoms with van der Waals surface area (Å²) in [6, 6.07) is 55.0. The van der Waals surface area contributed by atoms with Gasteiger partial charge in [-0.15, -0.1) is 0 Å². The molecule has 10 aromatic rings. The number of benzene rings is 7. The molecule has 256 valence electrons. The first-order valence-electron chi connectivity index (χ1n) is 18.2. The Morgan fingerprint density at radius 2 is 1.09 bits per heavy atom. The van der Waals surface area contributed by atoms with Gasteiger partial charge in [-0.25, -0.2) is 4.99 Å². The van der Waals surface area contributed by atoms with Gasteiger partial charge in [0.1, 0.15) is 40.5 Å². The third kappa shape index (κ3) is 4.92. The summed E-state index contributed by atoms with van der Waals surface area (Å²) in [6.45, 7) is 0. The van der Waals surface area contributed by atoms with Crippen LogP contribution in [0.25, 0.3) is 76.9 Å². The van der Waals surface area contributed by atoms with Crippen molar-refractivity contribution in [3.8, 4) is 22.3 Å². The van der Waals surface area contributed by atoms with E-state index in [0.717, 1.165) is 93.9 Å². The molecule has 0 fully saturated rings. The van der Waals surface area contributed by atoms with Gasteiger partial charge in [0.05, 0.1) is 0 Å². The maximum absolute atomic E-state index is 6.25. The number of amidine groups is 1. The molecule has 7 aromatic carbocycles. The number of furan rings is 2. The van der Waals surface area contributed by atoms with E-state index < -0.39 is 0 Å². The molecular formula is C48H32N4O2. The lowest BCUT2D eigenvalue weighted by molar-refractivity contribution is 0.411. The van der Waals surface area contributed by atoms with Gasteiger partial charge in [-0.1, -0.05) is 133 Å². The molecule has 0 saturated heterocycles. The topological polar surface area (TPSA) is 75.6 Å². The van der Waals surface area contributed by atoms with Crippen LogP contribution in [0.4, 0.5) is 0 Å². The smallest absolute Gasteiger partial charge is 0.138 e. The third-order valence-corrected chi connectivity index (χ3v) is 10.7. The fraction of sp³-hybridized carbons (Fsp3) is 0.0417. The van der Waals surface area contributed by atoms with Crippen molar-refractivity contribution < 1.29 is 8.83 Å². The molecule has 6 nitrogen and oxygen atoms in total. The largest absolute Gasteiger partial charge is 0.456 e. The molecule has 0 bridgehead atoms. The zero-order valence-electron chi connectivity index (χ0n) is 29.0. The van der Waals surface area contributed by atoms with E-state index in [9.17, 15) is 0 Å². The lowest BCUT2D eigenvalue weighted by atomic mass is 9.92. The molecule has 2 N–H and O–H groups in total. The van der Waals surface area contributed by atoms with Gasteiger partial charge in [0, 0.05) is 45.1 Å². The summed E-state index contributed by atoms with van der Waals surface area (Å²) in [5.74, 6) is 0.828. The zero-order valence-corrected chi connectivity index (χ0v) is 29.0. The first-order valence-corrected chi connectivity index (χ1v) is 18.2. The van der Waals surface area contributed by atoms with Gasteiger partial charge in [-0.2, -0.15) is 0 Å². The van der Waals surface area contributed by atoms with Gasteiger partial charge in [-0.3, -0.25) is 10.3 Å². The van der Waals surface area contributed by atoms with E-state index in [1.807, 2.05) is 48.7 Å². The van der Waals surface area contributed by atoms with Gasteiger partial charge in [0.15, 0.2) is 0 Å². The number of para-hydroxylation sites is 1. The van der Waals surface area contributed by atoms with E-state index in [2.05, 4.69) is 131 Å². The van der Waals surface area contributed by atoms with Crippen molar-refractivity contribution in [2.75, 3.05) is 0 Å². The van der Waals surface area contributed by atoms with Crippen LogP contribution in [0.15, 0.2) is 184 Å².